The maximum atomic E-state index is 14.7. The van der Waals surface area contributed by atoms with E-state index in [0.29, 0.717) is 6.07 Å². The third-order valence-electron chi connectivity index (χ3n) is 5.75. The summed E-state index contributed by atoms with van der Waals surface area (Å²) < 4.78 is 75.0. The zero-order valence-electron chi connectivity index (χ0n) is 20.5. The van der Waals surface area contributed by atoms with E-state index in [2.05, 4.69) is 10.3 Å². The molecule has 0 radical (unpaired) electrons. The molecule has 2 aromatic carbocycles. The van der Waals surface area contributed by atoms with Crippen LogP contribution in [-0.2, 0) is 9.53 Å². The number of likely N-dealkylation sites (tertiary alicyclic amines) is 1. The quantitative estimate of drug-likeness (QED) is 0.502. The van der Waals surface area contributed by atoms with Crippen molar-refractivity contribution in [3.05, 3.63) is 70.0 Å². The molecule has 1 aliphatic heterocycles. The van der Waals surface area contributed by atoms with Gasteiger partial charge >= 0.3 is 12.5 Å². The van der Waals surface area contributed by atoms with E-state index in [0.717, 1.165) is 27.7 Å². The van der Waals surface area contributed by atoms with Crippen molar-refractivity contribution >= 4 is 22.9 Å². The highest BCUT2D eigenvalue weighted by molar-refractivity contribution is 5.80. The molecule has 202 valence electrons. The summed E-state index contributed by atoms with van der Waals surface area (Å²) in [5.74, 6) is -4.82. The van der Waals surface area contributed by atoms with E-state index < -0.39 is 64.5 Å². The van der Waals surface area contributed by atoms with Crippen LogP contribution in [0.5, 0.6) is 0 Å². The Labute approximate surface area is 213 Å². The number of ether oxygens (including phenoxy) is 1. The summed E-state index contributed by atoms with van der Waals surface area (Å²) >= 11 is 0. The van der Waals surface area contributed by atoms with Crippen LogP contribution in [0.2, 0.25) is 0 Å². The van der Waals surface area contributed by atoms with Gasteiger partial charge in [0.1, 0.15) is 34.3 Å². The number of carbonyl (C=O) groups is 2. The molecule has 2 amide bonds. The molecule has 3 aromatic rings. The van der Waals surface area contributed by atoms with Gasteiger partial charge < -0.3 is 10.1 Å². The van der Waals surface area contributed by atoms with Crippen LogP contribution in [0.1, 0.15) is 39.1 Å². The van der Waals surface area contributed by atoms with Crippen LogP contribution in [-0.4, -0.2) is 51.1 Å². The van der Waals surface area contributed by atoms with Crippen LogP contribution >= 0.6 is 0 Å². The lowest BCUT2D eigenvalue weighted by Gasteiger charge is -2.29. The maximum absolute atomic E-state index is 14.7. The molecule has 2 atom stereocenters. The van der Waals surface area contributed by atoms with E-state index >= 15 is 0 Å². The highest BCUT2D eigenvalue weighted by Gasteiger charge is 2.42. The van der Waals surface area contributed by atoms with Crippen molar-refractivity contribution in [2.75, 3.05) is 6.54 Å². The number of aromatic nitrogens is 2. The smallest absolute Gasteiger partial charge is 0.410 e. The molecule has 1 aliphatic rings. The average Bonchev–Trinajstić information content (AvgIpc) is 3.20. The van der Waals surface area contributed by atoms with Crippen molar-refractivity contribution in [2.45, 2.75) is 51.3 Å². The normalized spacial score (nSPS) is 17.8. The molecule has 0 bridgehead atoms. The Kier molecular flexibility index (Phi) is 7.13. The molecular formula is C25H23F5N4O4. The van der Waals surface area contributed by atoms with Crippen molar-refractivity contribution in [3.8, 4) is 5.69 Å². The number of alkyl halides is 2. The third kappa shape index (κ3) is 5.46. The summed E-state index contributed by atoms with van der Waals surface area (Å²) in [4.78, 5) is 43.8. The molecule has 4 rings (SSSR count). The molecular weight excluding hydrogens is 515 g/mol. The molecule has 38 heavy (non-hydrogen) atoms. The minimum absolute atomic E-state index is 0.109. The highest BCUT2D eigenvalue weighted by atomic mass is 19.3. The maximum Gasteiger partial charge on any atom is 0.410 e. The zero-order chi connectivity index (χ0) is 27.9. The fraction of sp³-hybridized carbons (Fsp3) is 0.360. The molecule has 1 fully saturated rings. The van der Waals surface area contributed by atoms with Crippen LogP contribution in [0.3, 0.4) is 0 Å². The van der Waals surface area contributed by atoms with Gasteiger partial charge in [-0.3, -0.25) is 19.1 Å². The van der Waals surface area contributed by atoms with Crippen LogP contribution in [0.15, 0.2) is 41.2 Å². The second kappa shape index (κ2) is 10.0. The fourth-order valence-electron chi connectivity index (χ4n) is 4.32. The summed E-state index contributed by atoms with van der Waals surface area (Å²) in [5.41, 5.74) is -2.44. The lowest BCUT2D eigenvalue weighted by molar-refractivity contribution is -0.132. The number of benzene rings is 2. The second-order valence-corrected chi connectivity index (χ2v) is 9.76. The Morgan fingerprint density at radius 3 is 2.37 bits per heavy atom. The van der Waals surface area contributed by atoms with E-state index in [1.54, 1.807) is 20.8 Å². The standard InChI is InChI=1S/C25H23F5N4O4/c1-25(2,3)38-24(37)33-11-14(31-22(35)20(29)30)10-18(33)21-32-17-6-4-5-16(28)19(17)23(36)34(21)15-8-12(26)7-13(27)9-15/h4-9,14,18,20H,10-11H2,1-3H3,(H,31,35)/t14-,18-/m1/s1. The Balaban J connectivity index is 1.94. The van der Waals surface area contributed by atoms with Crippen LogP contribution in [0, 0.1) is 17.5 Å². The number of carbonyl (C=O) groups excluding carboxylic acids is 2. The zero-order valence-corrected chi connectivity index (χ0v) is 20.5. The predicted molar refractivity (Wildman–Crippen MR) is 125 cm³/mol. The molecule has 0 spiro atoms. The van der Waals surface area contributed by atoms with Crippen molar-refractivity contribution in [2.24, 2.45) is 0 Å². The number of nitrogens with one attached hydrogen (secondary N) is 1. The van der Waals surface area contributed by atoms with Crippen LogP contribution in [0.4, 0.5) is 26.7 Å². The third-order valence-corrected chi connectivity index (χ3v) is 5.75. The Morgan fingerprint density at radius 1 is 1.11 bits per heavy atom. The lowest BCUT2D eigenvalue weighted by atomic mass is 10.1. The van der Waals surface area contributed by atoms with E-state index in [1.165, 1.54) is 12.1 Å². The van der Waals surface area contributed by atoms with E-state index in [4.69, 9.17) is 4.74 Å². The van der Waals surface area contributed by atoms with Gasteiger partial charge in [0.25, 0.3) is 11.5 Å². The average molecular weight is 538 g/mol. The Bertz CT molecular complexity index is 1450. The summed E-state index contributed by atoms with van der Waals surface area (Å²) in [5, 5.41) is 1.66. The highest BCUT2D eigenvalue weighted by Crippen LogP contribution is 2.34. The van der Waals surface area contributed by atoms with Crippen molar-refractivity contribution in [1.82, 2.24) is 19.8 Å². The van der Waals surface area contributed by atoms with Gasteiger partial charge in [-0.2, -0.15) is 8.78 Å². The number of nitrogens with zero attached hydrogens (tertiary/aromatic N) is 3. The van der Waals surface area contributed by atoms with Gasteiger partial charge in [-0.05, 0) is 51.5 Å². The van der Waals surface area contributed by atoms with Gasteiger partial charge in [-0.15, -0.1) is 0 Å². The van der Waals surface area contributed by atoms with Crippen LogP contribution in [0.25, 0.3) is 16.6 Å². The van der Waals surface area contributed by atoms with E-state index in [9.17, 15) is 36.3 Å². The summed E-state index contributed by atoms with van der Waals surface area (Å²) in [6.07, 6.45) is -4.44. The van der Waals surface area contributed by atoms with E-state index in [-0.39, 0.29) is 30.0 Å². The molecule has 1 saturated heterocycles. The van der Waals surface area contributed by atoms with E-state index in [1.807, 2.05) is 0 Å². The van der Waals surface area contributed by atoms with Gasteiger partial charge in [-0.25, -0.2) is 22.9 Å². The van der Waals surface area contributed by atoms with Gasteiger partial charge in [0, 0.05) is 18.7 Å². The fourth-order valence-corrected chi connectivity index (χ4v) is 4.32. The molecule has 0 unspecified atom stereocenters. The van der Waals surface area contributed by atoms with Gasteiger partial charge in [-0.1, -0.05) is 6.07 Å². The van der Waals surface area contributed by atoms with Crippen LogP contribution < -0.4 is 10.9 Å². The van der Waals surface area contributed by atoms with Gasteiger partial charge in [0.05, 0.1) is 17.2 Å². The molecule has 0 saturated carbocycles. The first-order chi connectivity index (χ1) is 17.7. The number of fused-ring (bicyclic) bond motifs is 1. The number of amides is 2. The monoisotopic (exact) mass is 538 g/mol. The summed E-state index contributed by atoms with van der Waals surface area (Å²) in [6, 6.07) is 3.67. The topological polar surface area (TPSA) is 93.5 Å². The lowest BCUT2D eigenvalue weighted by Crippen LogP contribution is -2.42. The van der Waals surface area contributed by atoms with Gasteiger partial charge in [0.2, 0.25) is 0 Å². The second-order valence-electron chi connectivity index (χ2n) is 9.76. The number of rotatable bonds is 4. The first-order valence-corrected chi connectivity index (χ1v) is 11.5. The molecule has 1 aromatic heterocycles. The van der Waals surface area contributed by atoms with Crippen molar-refractivity contribution in [3.63, 3.8) is 0 Å². The van der Waals surface area contributed by atoms with Gasteiger partial charge in [0.15, 0.2) is 0 Å². The predicted octanol–water partition coefficient (Wildman–Crippen LogP) is 4.23. The Morgan fingerprint density at radius 2 is 1.76 bits per heavy atom. The SMILES string of the molecule is CC(C)(C)OC(=O)N1C[C@H](NC(=O)C(F)F)C[C@@H]1c1nc2cccc(F)c2c(=O)n1-c1cc(F)cc(F)c1. The number of hydrogen-bond donors (Lipinski definition) is 1. The minimum Gasteiger partial charge on any atom is -0.444 e. The molecule has 2 heterocycles. The molecule has 8 nitrogen and oxygen atoms in total. The molecule has 13 heteroatoms. The number of hydrogen-bond acceptors (Lipinski definition) is 5. The molecule has 0 aliphatic carbocycles. The summed E-state index contributed by atoms with van der Waals surface area (Å²) in [7, 11) is 0. The molecule has 1 N–H and O–H groups in total. The number of halogens is 5. The largest absolute Gasteiger partial charge is 0.444 e. The van der Waals surface area contributed by atoms with Crippen molar-refractivity contribution in [1.29, 1.82) is 0 Å². The first-order valence-electron chi connectivity index (χ1n) is 11.5. The first kappa shape index (κ1) is 27.0. The van der Waals surface area contributed by atoms with Crippen molar-refractivity contribution < 1.29 is 36.3 Å². The minimum atomic E-state index is -3.32. The Hall–Kier alpha value is -4.03. The summed E-state index contributed by atoms with van der Waals surface area (Å²) in [6.45, 7) is 4.48.